The molecule has 0 fully saturated rings. The molecule has 0 spiro atoms. The molecule has 1 atom stereocenters. The van der Waals surface area contributed by atoms with Crippen LogP contribution in [0.1, 0.15) is 38.4 Å². The van der Waals surface area contributed by atoms with E-state index in [2.05, 4.69) is 15.6 Å². The molecule has 166 valence electrons. The van der Waals surface area contributed by atoms with Gasteiger partial charge in [-0.2, -0.15) is 0 Å². The first-order chi connectivity index (χ1) is 15.3. The molecule has 0 saturated carbocycles. The number of carbonyl (C=O) groups is 1. The Morgan fingerprint density at radius 1 is 1.16 bits per heavy atom. The molecule has 0 saturated heterocycles. The summed E-state index contributed by atoms with van der Waals surface area (Å²) in [4.78, 5) is 26.1. The molecule has 8 heteroatoms. The molecule has 0 unspecified atom stereocenters. The lowest BCUT2D eigenvalue weighted by Crippen LogP contribution is -2.42. The number of hydrogen-bond donors (Lipinski definition) is 2. The van der Waals surface area contributed by atoms with Crippen molar-refractivity contribution in [1.82, 2.24) is 20.3 Å². The number of hydrogen-bond acceptors (Lipinski definition) is 6. The van der Waals surface area contributed by atoms with Crippen LogP contribution in [-0.2, 0) is 17.6 Å². The number of alkyl carbamates (subject to hydrolysis) is 1. The Morgan fingerprint density at radius 3 is 2.62 bits per heavy atom. The predicted octanol–water partition coefficient (Wildman–Crippen LogP) is 5.32. The molecule has 3 aromatic rings. The maximum absolute atomic E-state index is 12.3. The van der Waals surface area contributed by atoms with E-state index in [1.807, 2.05) is 57.2 Å². The Morgan fingerprint density at radius 2 is 1.94 bits per heavy atom. The molecule has 0 bridgehead atoms. The fourth-order valence-corrected chi connectivity index (χ4v) is 3.73. The SMILES string of the molecule is CC(C)(C)OC(=O)N[C@@H]1CCc2nc(-c3cccnc3)nc(Nc3ccc(Cl)cc3)c2C1. The van der Waals surface area contributed by atoms with Crippen molar-refractivity contribution in [2.45, 2.75) is 51.7 Å². The molecule has 1 aliphatic rings. The van der Waals surface area contributed by atoms with Gasteiger partial charge in [0.25, 0.3) is 0 Å². The number of anilines is 2. The summed E-state index contributed by atoms with van der Waals surface area (Å²) >= 11 is 6.04. The van der Waals surface area contributed by atoms with E-state index in [1.165, 1.54) is 0 Å². The van der Waals surface area contributed by atoms with Crippen molar-refractivity contribution >= 4 is 29.2 Å². The Hall–Kier alpha value is -3.19. The van der Waals surface area contributed by atoms with E-state index >= 15 is 0 Å². The number of fused-ring (bicyclic) bond motifs is 1. The normalized spacial score (nSPS) is 15.6. The summed E-state index contributed by atoms with van der Waals surface area (Å²) in [5.41, 5.74) is 3.13. The van der Waals surface area contributed by atoms with Crippen LogP contribution < -0.4 is 10.6 Å². The second-order valence-corrected chi connectivity index (χ2v) is 9.22. The van der Waals surface area contributed by atoms with Gasteiger partial charge in [-0.25, -0.2) is 14.8 Å². The van der Waals surface area contributed by atoms with Crippen LogP contribution in [0.5, 0.6) is 0 Å². The fraction of sp³-hybridized carbons (Fsp3) is 0.333. The quantitative estimate of drug-likeness (QED) is 0.558. The highest BCUT2D eigenvalue weighted by Gasteiger charge is 2.27. The highest BCUT2D eigenvalue weighted by atomic mass is 35.5. The van der Waals surface area contributed by atoms with E-state index < -0.39 is 11.7 Å². The minimum absolute atomic E-state index is 0.0593. The van der Waals surface area contributed by atoms with Gasteiger partial charge >= 0.3 is 6.09 Å². The van der Waals surface area contributed by atoms with Gasteiger partial charge < -0.3 is 15.4 Å². The molecule has 2 aromatic heterocycles. The standard InChI is InChI=1S/C24H26ClN5O2/c1-24(2,3)32-23(31)28-18-10-11-20-19(13-18)22(27-17-8-6-16(25)7-9-17)30-21(29-20)15-5-4-12-26-14-15/h4-9,12,14,18H,10-11,13H2,1-3H3,(H,28,31)(H,27,29,30)/t18-/m1/s1. The monoisotopic (exact) mass is 451 g/mol. The van der Waals surface area contributed by atoms with Gasteiger partial charge in [-0.15, -0.1) is 0 Å². The number of pyridine rings is 1. The van der Waals surface area contributed by atoms with E-state index in [4.69, 9.17) is 26.3 Å². The molecule has 0 radical (unpaired) electrons. The van der Waals surface area contributed by atoms with Gasteiger partial charge in [-0.3, -0.25) is 4.98 Å². The number of carbonyl (C=O) groups excluding carboxylic acids is 1. The topological polar surface area (TPSA) is 89.0 Å². The van der Waals surface area contributed by atoms with Crippen LogP contribution in [0.25, 0.3) is 11.4 Å². The van der Waals surface area contributed by atoms with E-state index in [-0.39, 0.29) is 6.04 Å². The Kier molecular flexibility index (Phi) is 6.28. The van der Waals surface area contributed by atoms with Crippen molar-refractivity contribution in [3.63, 3.8) is 0 Å². The van der Waals surface area contributed by atoms with Crippen LogP contribution in [0.2, 0.25) is 5.02 Å². The maximum Gasteiger partial charge on any atom is 0.407 e. The molecular formula is C24H26ClN5O2. The second kappa shape index (κ2) is 9.12. The highest BCUT2D eigenvalue weighted by Crippen LogP contribution is 2.31. The first-order valence-electron chi connectivity index (χ1n) is 10.6. The number of aromatic nitrogens is 3. The summed E-state index contributed by atoms with van der Waals surface area (Å²) in [5.74, 6) is 1.33. The molecular weight excluding hydrogens is 426 g/mol. The molecule has 4 rings (SSSR count). The van der Waals surface area contributed by atoms with Crippen LogP contribution in [-0.4, -0.2) is 32.7 Å². The molecule has 32 heavy (non-hydrogen) atoms. The number of ether oxygens (including phenoxy) is 1. The predicted molar refractivity (Wildman–Crippen MR) is 125 cm³/mol. The van der Waals surface area contributed by atoms with Crippen LogP contribution in [0.3, 0.4) is 0 Å². The van der Waals surface area contributed by atoms with Gasteiger partial charge in [-0.1, -0.05) is 11.6 Å². The number of amides is 1. The van der Waals surface area contributed by atoms with Crippen molar-refractivity contribution in [1.29, 1.82) is 0 Å². The molecule has 1 aliphatic carbocycles. The van der Waals surface area contributed by atoms with Crippen LogP contribution in [0, 0.1) is 0 Å². The van der Waals surface area contributed by atoms with E-state index in [0.717, 1.165) is 35.3 Å². The van der Waals surface area contributed by atoms with Gasteiger partial charge in [0.05, 0.1) is 0 Å². The summed E-state index contributed by atoms with van der Waals surface area (Å²) in [6.45, 7) is 5.56. The average molecular weight is 452 g/mol. The number of halogens is 1. The van der Waals surface area contributed by atoms with Gasteiger partial charge in [0, 0.05) is 46.0 Å². The zero-order valence-corrected chi connectivity index (χ0v) is 19.1. The van der Waals surface area contributed by atoms with E-state index in [1.54, 1.807) is 12.4 Å². The third-order valence-corrected chi connectivity index (χ3v) is 5.27. The van der Waals surface area contributed by atoms with Gasteiger partial charge in [0.1, 0.15) is 11.4 Å². The fourth-order valence-electron chi connectivity index (χ4n) is 3.61. The minimum atomic E-state index is -0.542. The Labute approximate surface area is 192 Å². The second-order valence-electron chi connectivity index (χ2n) is 8.78. The lowest BCUT2D eigenvalue weighted by molar-refractivity contribution is 0.0500. The molecule has 1 aromatic carbocycles. The first-order valence-corrected chi connectivity index (χ1v) is 11.0. The molecule has 7 nitrogen and oxygen atoms in total. The van der Waals surface area contributed by atoms with Gasteiger partial charge in [0.15, 0.2) is 5.82 Å². The summed E-state index contributed by atoms with van der Waals surface area (Å²) in [6.07, 6.45) is 5.17. The molecule has 2 heterocycles. The molecule has 2 N–H and O–H groups in total. The van der Waals surface area contributed by atoms with E-state index in [9.17, 15) is 4.79 Å². The van der Waals surface area contributed by atoms with Crippen LogP contribution in [0.4, 0.5) is 16.3 Å². The third kappa shape index (κ3) is 5.53. The van der Waals surface area contributed by atoms with E-state index in [0.29, 0.717) is 23.1 Å². The van der Waals surface area contributed by atoms with Crippen molar-refractivity contribution in [2.24, 2.45) is 0 Å². The number of benzene rings is 1. The summed E-state index contributed by atoms with van der Waals surface area (Å²) in [7, 11) is 0. The van der Waals surface area contributed by atoms with Crippen molar-refractivity contribution in [3.8, 4) is 11.4 Å². The number of aryl methyl sites for hydroxylation is 1. The molecule has 1 amide bonds. The zero-order chi connectivity index (χ0) is 22.7. The maximum atomic E-state index is 12.3. The Balaban J connectivity index is 1.64. The zero-order valence-electron chi connectivity index (χ0n) is 18.4. The van der Waals surface area contributed by atoms with Crippen molar-refractivity contribution < 1.29 is 9.53 Å². The van der Waals surface area contributed by atoms with Gasteiger partial charge in [-0.05, 0) is 76.4 Å². The van der Waals surface area contributed by atoms with Crippen LogP contribution in [0.15, 0.2) is 48.8 Å². The summed E-state index contributed by atoms with van der Waals surface area (Å²) in [6, 6.07) is 11.2. The Bertz CT molecular complexity index is 1100. The summed E-state index contributed by atoms with van der Waals surface area (Å²) < 4.78 is 5.43. The lowest BCUT2D eigenvalue weighted by Gasteiger charge is -2.28. The average Bonchev–Trinajstić information content (AvgIpc) is 2.75. The number of nitrogens with one attached hydrogen (secondary N) is 2. The van der Waals surface area contributed by atoms with Gasteiger partial charge in [0.2, 0.25) is 0 Å². The third-order valence-electron chi connectivity index (χ3n) is 5.02. The van der Waals surface area contributed by atoms with Crippen molar-refractivity contribution in [3.05, 3.63) is 65.1 Å². The highest BCUT2D eigenvalue weighted by molar-refractivity contribution is 6.30. The smallest absolute Gasteiger partial charge is 0.407 e. The number of nitrogens with zero attached hydrogens (tertiary/aromatic N) is 3. The first kappa shape index (κ1) is 22.0. The van der Waals surface area contributed by atoms with Crippen molar-refractivity contribution in [2.75, 3.05) is 5.32 Å². The van der Waals surface area contributed by atoms with Crippen LogP contribution >= 0.6 is 11.6 Å². The summed E-state index contributed by atoms with van der Waals surface area (Å²) in [5, 5.41) is 7.06. The number of rotatable bonds is 4. The largest absolute Gasteiger partial charge is 0.444 e. The molecule has 0 aliphatic heterocycles. The lowest BCUT2D eigenvalue weighted by atomic mass is 9.91. The minimum Gasteiger partial charge on any atom is -0.444 e.